The molecule has 0 aliphatic heterocycles. The molecule has 96 valence electrons. The zero-order chi connectivity index (χ0) is 12.7. The van der Waals surface area contributed by atoms with Crippen molar-refractivity contribution in [2.45, 2.75) is 31.9 Å². The van der Waals surface area contributed by atoms with Crippen molar-refractivity contribution in [3.63, 3.8) is 0 Å². The summed E-state index contributed by atoms with van der Waals surface area (Å²) in [5.41, 5.74) is 3.41. The summed E-state index contributed by atoms with van der Waals surface area (Å²) in [6, 6.07) is 8.91. The van der Waals surface area contributed by atoms with Crippen LogP contribution in [0.1, 0.15) is 30.2 Å². The number of fused-ring (bicyclic) bond motifs is 1. The molecule has 1 aromatic heterocycles. The van der Waals surface area contributed by atoms with Crippen molar-refractivity contribution in [3.05, 3.63) is 35.5 Å². The van der Waals surface area contributed by atoms with Gasteiger partial charge in [0.25, 0.3) is 0 Å². The first kappa shape index (κ1) is 11.8. The van der Waals surface area contributed by atoms with Gasteiger partial charge < -0.3 is 15.0 Å². The Hall–Kier alpha value is -1.32. The first-order valence-electron chi connectivity index (χ1n) is 6.64. The van der Waals surface area contributed by atoms with Gasteiger partial charge in [0.05, 0.1) is 6.10 Å². The smallest absolute Gasteiger partial charge is 0.0937 e. The lowest BCUT2D eigenvalue weighted by Crippen LogP contribution is -2.23. The second-order valence-corrected chi connectivity index (χ2v) is 5.27. The van der Waals surface area contributed by atoms with Crippen LogP contribution in [0.3, 0.4) is 0 Å². The molecule has 0 spiro atoms. The van der Waals surface area contributed by atoms with Crippen molar-refractivity contribution in [2.24, 2.45) is 7.05 Å². The molecule has 18 heavy (non-hydrogen) atoms. The fourth-order valence-electron chi connectivity index (χ4n) is 2.64. The summed E-state index contributed by atoms with van der Waals surface area (Å²) >= 11 is 0. The van der Waals surface area contributed by atoms with Crippen molar-refractivity contribution in [2.75, 3.05) is 6.54 Å². The molecule has 1 unspecified atom stereocenters. The van der Waals surface area contributed by atoms with Crippen LogP contribution in [0.15, 0.2) is 24.3 Å². The Labute approximate surface area is 107 Å². The van der Waals surface area contributed by atoms with Crippen molar-refractivity contribution in [3.8, 4) is 0 Å². The van der Waals surface area contributed by atoms with Gasteiger partial charge in [0, 0.05) is 41.8 Å². The molecule has 3 heteroatoms. The summed E-state index contributed by atoms with van der Waals surface area (Å²) in [4.78, 5) is 0. The fraction of sp³-hybridized carbons (Fsp3) is 0.467. The van der Waals surface area contributed by atoms with E-state index in [1.165, 1.54) is 23.7 Å². The summed E-state index contributed by atoms with van der Waals surface area (Å²) in [5, 5.41) is 15.0. The van der Waals surface area contributed by atoms with E-state index >= 15 is 0 Å². The van der Waals surface area contributed by atoms with Crippen LogP contribution in [0.4, 0.5) is 0 Å². The van der Waals surface area contributed by atoms with Crippen molar-refractivity contribution in [1.29, 1.82) is 0 Å². The Morgan fingerprint density at radius 2 is 2.11 bits per heavy atom. The Bertz CT molecular complexity index is 569. The molecule has 1 aliphatic rings. The van der Waals surface area contributed by atoms with Gasteiger partial charge in [-0.1, -0.05) is 18.2 Å². The fourth-order valence-corrected chi connectivity index (χ4v) is 2.64. The highest BCUT2D eigenvalue weighted by atomic mass is 16.3. The van der Waals surface area contributed by atoms with E-state index in [0.29, 0.717) is 12.6 Å². The second-order valence-electron chi connectivity index (χ2n) is 5.27. The van der Waals surface area contributed by atoms with Gasteiger partial charge in [0.2, 0.25) is 0 Å². The lowest BCUT2D eigenvalue weighted by molar-refractivity contribution is 0.175. The molecule has 0 amide bonds. The van der Waals surface area contributed by atoms with Gasteiger partial charge in [0.1, 0.15) is 0 Å². The number of aliphatic hydroxyl groups is 1. The van der Waals surface area contributed by atoms with Crippen molar-refractivity contribution < 1.29 is 5.11 Å². The monoisotopic (exact) mass is 244 g/mol. The van der Waals surface area contributed by atoms with E-state index in [1.54, 1.807) is 0 Å². The molecule has 0 saturated heterocycles. The number of hydrogen-bond donors (Lipinski definition) is 2. The van der Waals surface area contributed by atoms with E-state index in [2.05, 4.69) is 36.0 Å². The maximum Gasteiger partial charge on any atom is 0.0937 e. The summed E-state index contributed by atoms with van der Waals surface area (Å²) in [5.74, 6) is 0. The second kappa shape index (κ2) is 4.41. The van der Waals surface area contributed by atoms with Crippen LogP contribution in [0.5, 0.6) is 0 Å². The highest BCUT2D eigenvalue weighted by Crippen LogP contribution is 2.30. The molecule has 2 N–H and O–H groups in total. The van der Waals surface area contributed by atoms with Crippen molar-refractivity contribution in [1.82, 2.24) is 9.88 Å². The largest absolute Gasteiger partial charge is 0.387 e. The molecule has 1 heterocycles. The minimum atomic E-state index is -0.420. The first-order chi connectivity index (χ1) is 8.68. The maximum atomic E-state index is 10.4. The van der Waals surface area contributed by atoms with E-state index in [1.807, 2.05) is 12.1 Å². The normalized spacial score (nSPS) is 17.3. The minimum Gasteiger partial charge on any atom is -0.387 e. The van der Waals surface area contributed by atoms with E-state index in [0.717, 1.165) is 11.3 Å². The minimum absolute atomic E-state index is 0.420. The molecule has 1 fully saturated rings. The molecule has 0 bridgehead atoms. The summed E-state index contributed by atoms with van der Waals surface area (Å²) in [6.07, 6.45) is 2.08. The number of aromatic nitrogens is 1. The van der Waals surface area contributed by atoms with Crippen LogP contribution in [-0.2, 0) is 7.05 Å². The number of hydrogen-bond acceptors (Lipinski definition) is 2. The van der Waals surface area contributed by atoms with Crippen LogP contribution in [0.2, 0.25) is 0 Å². The number of nitrogens with one attached hydrogen (secondary N) is 1. The average molecular weight is 244 g/mol. The predicted octanol–water partition coefficient (Wildman–Crippen LogP) is 2.27. The average Bonchev–Trinajstić information content (AvgIpc) is 3.16. The Morgan fingerprint density at radius 1 is 1.39 bits per heavy atom. The zero-order valence-electron chi connectivity index (χ0n) is 11.0. The highest BCUT2D eigenvalue weighted by molar-refractivity contribution is 5.85. The number of benzene rings is 1. The number of para-hydroxylation sites is 1. The van der Waals surface area contributed by atoms with Gasteiger partial charge in [-0.3, -0.25) is 0 Å². The van der Waals surface area contributed by atoms with Crippen molar-refractivity contribution >= 4 is 10.9 Å². The molecular formula is C15H20N2O. The van der Waals surface area contributed by atoms with E-state index in [9.17, 15) is 5.11 Å². The Kier molecular flexibility index (Phi) is 2.88. The zero-order valence-corrected chi connectivity index (χ0v) is 11.0. The van der Waals surface area contributed by atoms with Crippen LogP contribution >= 0.6 is 0 Å². The van der Waals surface area contributed by atoms with Gasteiger partial charge in [-0.2, -0.15) is 0 Å². The maximum absolute atomic E-state index is 10.4. The molecule has 0 radical (unpaired) electrons. The number of rotatable bonds is 4. The number of nitrogens with zero attached hydrogens (tertiary/aromatic N) is 1. The lowest BCUT2D eigenvalue weighted by Gasteiger charge is -2.12. The molecule has 1 saturated carbocycles. The number of aliphatic hydroxyl groups excluding tert-OH is 1. The number of aryl methyl sites for hydroxylation is 1. The Morgan fingerprint density at radius 3 is 2.83 bits per heavy atom. The predicted molar refractivity (Wildman–Crippen MR) is 73.6 cm³/mol. The van der Waals surface area contributed by atoms with Gasteiger partial charge >= 0.3 is 0 Å². The van der Waals surface area contributed by atoms with Gasteiger partial charge in [0.15, 0.2) is 0 Å². The van der Waals surface area contributed by atoms with Crippen LogP contribution in [-0.4, -0.2) is 22.3 Å². The van der Waals surface area contributed by atoms with Gasteiger partial charge in [-0.05, 0) is 25.8 Å². The van der Waals surface area contributed by atoms with Crippen LogP contribution in [0, 0.1) is 6.92 Å². The standard InChI is InChI=1S/C15H20N2O/c1-10-15(14(18)9-16-11-7-8-11)12-5-3-4-6-13(12)17(10)2/h3-6,11,14,16,18H,7-9H2,1-2H3. The SMILES string of the molecule is Cc1c(C(O)CNC2CC2)c2ccccc2n1C. The lowest BCUT2D eigenvalue weighted by atomic mass is 10.1. The quantitative estimate of drug-likeness (QED) is 0.865. The summed E-state index contributed by atoms with van der Waals surface area (Å²) in [7, 11) is 2.06. The molecule has 1 aromatic carbocycles. The molecular weight excluding hydrogens is 224 g/mol. The van der Waals surface area contributed by atoms with Crippen LogP contribution in [0.25, 0.3) is 10.9 Å². The topological polar surface area (TPSA) is 37.2 Å². The third kappa shape index (κ3) is 1.93. The van der Waals surface area contributed by atoms with Gasteiger partial charge in [-0.25, -0.2) is 0 Å². The summed E-state index contributed by atoms with van der Waals surface area (Å²) in [6.45, 7) is 2.73. The van der Waals surface area contributed by atoms with E-state index < -0.39 is 6.10 Å². The molecule has 1 aliphatic carbocycles. The van der Waals surface area contributed by atoms with Gasteiger partial charge in [-0.15, -0.1) is 0 Å². The first-order valence-corrected chi connectivity index (χ1v) is 6.64. The molecule has 1 atom stereocenters. The highest BCUT2D eigenvalue weighted by Gasteiger charge is 2.24. The molecule has 3 nitrogen and oxygen atoms in total. The third-order valence-corrected chi connectivity index (χ3v) is 3.96. The van der Waals surface area contributed by atoms with Crippen LogP contribution < -0.4 is 5.32 Å². The summed E-state index contributed by atoms with van der Waals surface area (Å²) < 4.78 is 2.16. The van der Waals surface area contributed by atoms with E-state index in [4.69, 9.17) is 0 Å². The Balaban J connectivity index is 1.96. The molecule has 2 aromatic rings. The van der Waals surface area contributed by atoms with E-state index in [-0.39, 0.29) is 0 Å². The third-order valence-electron chi connectivity index (χ3n) is 3.96. The molecule has 3 rings (SSSR count).